The van der Waals surface area contributed by atoms with Crippen molar-refractivity contribution in [2.45, 2.75) is 19.3 Å². The van der Waals surface area contributed by atoms with E-state index in [-0.39, 0.29) is 0 Å². The molecule has 0 saturated carbocycles. The highest BCUT2D eigenvalue weighted by Gasteiger charge is 2.13. The molecule has 0 amide bonds. The fraction of sp³-hybridized carbons (Fsp3) is 0.375. The Balaban J connectivity index is 1.58. The number of aromatic nitrogens is 2. The second-order valence-electron chi connectivity index (χ2n) is 5.37. The summed E-state index contributed by atoms with van der Waals surface area (Å²) in [6, 6.07) is 7.60. The molecule has 1 aromatic heterocycles. The minimum atomic E-state index is 0.660. The van der Waals surface area contributed by atoms with Gasteiger partial charge in [-0.2, -0.15) is 0 Å². The molecule has 0 spiro atoms. The first-order valence-electron chi connectivity index (χ1n) is 7.47. The zero-order valence-electron chi connectivity index (χ0n) is 12.2. The second kappa shape index (κ2) is 7.16. The first kappa shape index (κ1) is 15.4. The van der Waals surface area contributed by atoms with Crippen molar-refractivity contribution in [2.24, 2.45) is 0 Å². The van der Waals surface area contributed by atoms with Gasteiger partial charge in [0.05, 0.1) is 0 Å². The van der Waals surface area contributed by atoms with Crippen LogP contribution in [0, 0.1) is 0 Å². The molecule has 1 aliphatic heterocycles. The van der Waals surface area contributed by atoms with Crippen LogP contribution in [0.1, 0.15) is 18.4 Å². The molecule has 0 aliphatic carbocycles. The van der Waals surface area contributed by atoms with Crippen LogP contribution in [0.5, 0.6) is 0 Å². The average molecular weight is 337 g/mol. The fourth-order valence-corrected chi connectivity index (χ4v) is 3.12. The number of hydrogen-bond acceptors (Lipinski definition) is 4. The maximum atomic E-state index is 6.18. The monoisotopic (exact) mass is 336 g/mol. The highest BCUT2D eigenvalue weighted by Crippen LogP contribution is 2.22. The van der Waals surface area contributed by atoms with Gasteiger partial charge in [-0.25, -0.2) is 9.97 Å². The minimum Gasteiger partial charge on any atom is -0.370 e. The Morgan fingerprint density at radius 3 is 2.68 bits per heavy atom. The number of anilines is 2. The van der Waals surface area contributed by atoms with E-state index >= 15 is 0 Å². The van der Waals surface area contributed by atoms with Crippen LogP contribution in [0.2, 0.25) is 10.0 Å². The lowest BCUT2D eigenvalue weighted by Gasteiger charge is -2.16. The molecule has 22 heavy (non-hydrogen) atoms. The smallest absolute Gasteiger partial charge is 0.134 e. The lowest BCUT2D eigenvalue weighted by Crippen LogP contribution is -2.19. The summed E-state index contributed by atoms with van der Waals surface area (Å²) in [5.41, 5.74) is 1.08. The van der Waals surface area contributed by atoms with E-state index in [4.69, 9.17) is 23.2 Å². The molecule has 1 fully saturated rings. The molecule has 0 unspecified atom stereocenters. The van der Waals surface area contributed by atoms with Crippen LogP contribution in [-0.4, -0.2) is 29.6 Å². The Labute approximate surface area is 140 Å². The van der Waals surface area contributed by atoms with Gasteiger partial charge in [0.1, 0.15) is 18.0 Å². The summed E-state index contributed by atoms with van der Waals surface area (Å²) in [4.78, 5) is 10.9. The predicted octanol–water partition coefficient (Wildman–Crippen LogP) is 4.04. The Morgan fingerprint density at radius 1 is 1.09 bits per heavy atom. The fourth-order valence-electron chi connectivity index (χ4n) is 2.61. The summed E-state index contributed by atoms with van der Waals surface area (Å²) in [6.45, 7) is 2.92. The number of rotatable bonds is 5. The molecule has 0 bridgehead atoms. The third-order valence-corrected chi connectivity index (χ3v) is 4.39. The highest BCUT2D eigenvalue weighted by atomic mass is 35.5. The highest BCUT2D eigenvalue weighted by molar-refractivity contribution is 6.35. The van der Waals surface area contributed by atoms with Gasteiger partial charge in [-0.05, 0) is 37.0 Å². The zero-order valence-corrected chi connectivity index (χ0v) is 13.7. The lowest BCUT2D eigenvalue weighted by atomic mass is 10.1. The van der Waals surface area contributed by atoms with Crippen molar-refractivity contribution in [2.75, 3.05) is 29.9 Å². The van der Waals surface area contributed by atoms with Gasteiger partial charge in [0.25, 0.3) is 0 Å². The van der Waals surface area contributed by atoms with Gasteiger partial charge in [0.2, 0.25) is 0 Å². The topological polar surface area (TPSA) is 41.0 Å². The summed E-state index contributed by atoms with van der Waals surface area (Å²) in [5, 5.41) is 4.69. The molecule has 2 heterocycles. The molecule has 2 aromatic rings. The molecule has 1 saturated heterocycles. The van der Waals surface area contributed by atoms with E-state index < -0.39 is 0 Å². The van der Waals surface area contributed by atoms with Crippen LogP contribution < -0.4 is 10.2 Å². The van der Waals surface area contributed by atoms with Gasteiger partial charge in [0.15, 0.2) is 0 Å². The van der Waals surface area contributed by atoms with Crippen LogP contribution >= 0.6 is 23.2 Å². The molecule has 0 radical (unpaired) electrons. The van der Waals surface area contributed by atoms with Gasteiger partial charge in [-0.3, -0.25) is 0 Å². The minimum absolute atomic E-state index is 0.660. The first-order chi connectivity index (χ1) is 10.7. The standard InChI is InChI=1S/C16H18Cl2N4/c17-13-4-3-12(14(18)9-13)5-6-19-15-10-16(21-11-20-15)22-7-1-2-8-22/h3-4,9-11H,1-2,5-8H2,(H,19,20,21). The number of benzene rings is 1. The third kappa shape index (κ3) is 3.81. The Kier molecular flexibility index (Phi) is 5.01. The largest absolute Gasteiger partial charge is 0.370 e. The van der Waals surface area contributed by atoms with Crippen LogP contribution in [0.3, 0.4) is 0 Å². The summed E-state index contributed by atoms with van der Waals surface area (Å²) >= 11 is 12.1. The zero-order chi connectivity index (χ0) is 15.4. The molecule has 1 aromatic carbocycles. The number of hydrogen-bond donors (Lipinski definition) is 1. The van der Waals surface area contributed by atoms with Gasteiger partial charge < -0.3 is 10.2 Å². The summed E-state index contributed by atoms with van der Waals surface area (Å²) in [6.07, 6.45) is 4.91. The van der Waals surface area contributed by atoms with E-state index in [1.165, 1.54) is 12.8 Å². The van der Waals surface area contributed by atoms with E-state index in [0.717, 1.165) is 43.3 Å². The molecule has 3 rings (SSSR count). The molecular weight excluding hydrogens is 319 g/mol. The molecule has 4 nitrogen and oxygen atoms in total. The molecule has 1 aliphatic rings. The van der Waals surface area contributed by atoms with Crippen LogP contribution in [0.15, 0.2) is 30.6 Å². The van der Waals surface area contributed by atoms with Crippen molar-refractivity contribution in [1.29, 1.82) is 0 Å². The number of nitrogens with zero attached hydrogens (tertiary/aromatic N) is 3. The van der Waals surface area contributed by atoms with E-state index in [0.29, 0.717) is 10.0 Å². The maximum Gasteiger partial charge on any atom is 0.134 e. The Hall–Kier alpha value is -1.52. The molecule has 6 heteroatoms. The van der Waals surface area contributed by atoms with Gasteiger partial charge in [-0.15, -0.1) is 0 Å². The third-order valence-electron chi connectivity index (χ3n) is 3.80. The summed E-state index contributed by atoms with van der Waals surface area (Å²) in [5.74, 6) is 1.85. The molecule has 0 atom stereocenters. The van der Waals surface area contributed by atoms with E-state index in [9.17, 15) is 0 Å². The van der Waals surface area contributed by atoms with Gasteiger partial charge in [0, 0.05) is 35.7 Å². The van der Waals surface area contributed by atoms with Crippen LogP contribution in [0.4, 0.5) is 11.6 Å². The predicted molar refractivity (Wildman–Crippen MR) is 92.1 cm³/mol. The number of halogens is 2. The van der Waals surface area contributed by atoms with Crippen LogP contribution in [-0.2, 0) is 6.42 Å². The van der Waals surface area contributed by atoms with Crippen molar-refractivity contribution in [3.05, 3.63) is 46.2 Å². The molecular formula is C16H18Cl2N4. The van der Waals surface area contributed by atoms with Crippen molar-refractivity contribution >= 4 is 34.8 Å². The summed E-state index contributed by atoms with van der Waals surface area (Å²) < 4.78 is 0. The quantitative estimate of drug-likeness (QED) is 0.894. The second-order valence-corrected chi connectivity index (χ2v) is 6.21. The SMILES string of the molecule is Clc1ccc(CCNc2cc(N3CCCC3)ncn2)c(Cl)c1. The van der Waals surface area contributed by atoms with Crippen molar-refractivity contribution < 1.29 is 0 Å². The van der Waals surface area contributed by atoms with E-state index in [2.05, 4.69) is 20.2 Å². The van der Waals surface area contributed by atoms with E-state index in [1.807, 2.05) is 18.2 Å². The number of nitrogens with one attached hydrogen (secondary N) is 1. The lowest BCUT2D eigenvalue weighted by molar-refractivity contribution is 0.923. The molecule has 1 N–H and O–H groups in total. The van der Waals surface area contributed by atoms with Crippen molar-refractivity contribution in [3.8, 4) is 0 Å². The summed E-state index contributed by atoms with van der Waals surface area (Å²) in [7, 11) is 0. The Morgan fingerprint density at radius 2 is 1.91 bits per heavy atom. The maximum absolute atomic E-state index is 6.18. The van der Waals surface area contributed by atoms with Gasteiger partial charge in [-0.1, -0.05) is 29.3 Å². The van der Waals surface area contributed by atoms with Crippen molar-refractivity contribution in [3.63, 3.8) is 0 Å². The first-order valence-corrected chi connectivity index (χ1v) is 8.23. The molecule has 116 valence electrons. The normalized spacial score (nSPS) is 14.4. The van der Waals surface area contributed by atoms with Crippen LogP contribution in [0.25, 0.3) is 0 Å². The van der Waals surface area contributed by atoms with Gasteiger partial charge >= 0.3 is 0 Å². The van der Waals surface area contributed by atoms with Crippen molar-refractivity contribution in [1.82, 2.24) is 9.97 Å². The Bertz CT molecular complexity index is 642. The average Bonchev–Trinajstić information content (AvgIpc) is 3.04. The van der Waals surface area contributed by atoms with E-state index in [1.54, 1.807) is 12.4 Å².